The summed E-state index contributed by atoms with van der Waals surface area (Å²) in [6.07, 6.45) is 1.49. The van der Waals surface area contributed by atoms with E-state index in [2.05, 4.69) is 20.9 Å². The van der Waals surface area contributed by atoms with E-state index in [1.165, 1.54) is 6.20 Å². The summed E-state index contributed by atoms with van der Waals surface area (Å²) < 4.78 is 0.990. The first-order valence-corrected chi connectivity index (χ1v) is 6.85. The van der Waals surface area contributed by atoms with Crippen molar-refractivity contribution in [2.24, 2.45) is 0 Å². The second kappa shape index (κ2) is 6.17. The topological polar surface area (TPSA) is 33.2 Å². The molecular formula is C14H12BrClN2O. The van der Waals surface area contributed by atoms with Crippen molar-refractivity contribution in [1.29, 1.82) is 0 Å². The lowest BCUT2D eigenvalue weighted by Crippen LogP contribution is -2.26. The van der Waals surface area contributed by atoms with Crippen molar-refractivity contribution in [3.8, 4) is 0 Å². The van der Waals surface area contributed by atoms with Crippen LogP contribution in [0.25, 0.3) is 0 Å². The maximum Gasteiger partial charge on any atom is 0.255 e. The molecule has 0 N–H and O–H groups in total. The fraction of sp³-hybridized carbons (Fsp3) is 0.143. The zero-order valence-corrected chi connectivity index (χ0v) is 12.6. The highest BCUT2D eigenvalue weighted by Gasteiger charge is 2.13. The van der Waals surface area contributed by atoms with Crippen LogP contribution in [0.5, 0.6) is 0 Å². The van der Waals surface area contributed by atoms with Gasteiger partial charge >= 0.3 is 0 Å². The van der Waals surface area contributed by atoms with Crippen molar-refractivity contribution < 1.29 is 4.79 Å². The third kappa shape index (κ3) is 3.55. The molecule has 0 aliphatic heterocycles. The molecule has 5 heteroatoms. The smallest absolute Gasteiger partial charge is 0.255 e. The van der Waals surface area contributed by atoms with Crippen molar-refractivity contribution in [1.82, 2.24) is 9.88 Å². The van der Waals surface area contributed by atoms with Gasteiger partial charge in [-0.25, -0.2) is 4.98 Å². The Bertz CT molecular complexity index is 586. The molecule has 0 spiro atoms. The van der Waals surface area contributed by atoms with Crippen molar-refractivity contribution >= 4 is 33.4 Å². The van der Waals surface area contributed by atoms with E-state index >= 15 is 0 Å². The molecular weight excluding hydrogens is 328 g/mol. The van der Waals surface area contributed by atoms with E-state index in [9.17, 15) is 4.79 Å². The maximum absolute atomic E-state index is 12.2. The molecule has 0 radical (unpaired) electrons. The van der Waals surface area contributed by atoms with Gasteiger partial charge in [0.05, 0.1) is 5.56 Å². The van der Waals surface area contributed by atoms with Gasteiger partial charge in [-0.1, -0.05) is 45.7 Å². The number of rotatable bonds is 3. The Kier molecular flexibility index (Phi) is 4.56. The van der Waals surface area contributed by atoms with Crippen LogP contribution in [0, 0.1) is 0 Å². The molecule has 98 valence electrons. The summed E-state index contributed by atoms with van der Waals surface area (Å²) in [6, 6.07) is 11.1. The predicted octanol–water partition coefficient (Wildman–Crippen LogP) is 3.77. The highest BCUT2D eigenvalue weighted by Crippen LogP contribution is 2.18. The monoisotopic (exact) mass is 338 g/mol. The highest BCUT2D eigenvalue weighted by molar-refractivity contribution is 9.10. The quantitative estimate of drug-likeness (QED) is 0.798. The number of pyridine rings is 1. The van der Waals surface area contributed by atoms with Gasteiger partial charge < -0.3 is 4.90 Å². The van der Waals surface area contributed by atoms with Crippen LogP contribution in [0.3, 0.4) is 0 Å². The minimum Gasteiger partial charge on any atom is -0.337 e. The molecule has 0 aliphatic carbocycles. The summed E-state index contributed by atoms with van der Waals surface area (Å²) in [5, 5.41) is 0.380. The summed E-state index contributed by atoms with van der Waals surface area (Å²) in [5.41, 5.74) is 1.58. The van der Waals surface area contributed by atoms with E-state index in [-0.39, 0.29) is 5.91 Å². The lowest BCUT2D eigenvalue weighted by molar-refractivity contribution is 0.0784. The zero-order chi connectivity index (χ0) is 13.8. The highest BCUT2D eigenvalue weighted by atomic mass is 79.9. The first-order valence-electron chi connectivity index (χ1n) is 5.68. The summed E-state index contributed by atoms with van der Waals surface area (Å²) >= 11 is 9.18. The van der Waals surface area contributed by atoms with Gasteiger partial charge in [0.25, 0.3) is 5.91 Å². The number of carbonyl (C=O) groups is 1. The minimum atomic E-state index is -0.0834. The Morgan fingerprint density at radius 2 is 2.05 bits per heavy atom. The number of halogens is 2. The summed E-state index contributed by atoms with van der Waals surface area (Å²) in [4.78, 5) is 17.8. The molecule has 19 heavy (non-hydrogen) atoms. The van der Waals surface area contributed by atoms with Gasteiger partial charge in [0.1, 0.15) is 5.15 Å². The number of nitrogens with zero attached hydrogens (tertiary/aromatic N) is 2. The fourth-order valence-corrected chi connectivity index (χ4v) is 2.20. The van der Waals surface area contributed by atoms with Gasteiger partial charge in [-0.2, -0.15) is 0 Å². The van der Waals surface area contributed by atoms with E-state index in [1.54, 1.807) is 24.1 Å². The van der Waals surface area contributed by atoms with E-state index in [4.69, 9.17) is 11.6 Å². The first kappa shape index (κ1) is 14.0. The van der Waals surface area contributed by atoms with E-state index < -0.39 is 0 Å². The van der Waals surface area contributed by atoms with Crippen LogP contribution in [0.2, 0.25) is 5.15 Å². The number of benzene rings is 1. The van der Waals surface area contributed by atoms with Gasteiger partial charge in [0.15, 0.2) is 0 Å². The number of hydrogen-bond acceptors (Lipinski definition) is 2. The third-order valence-electron chi connectivity index (χ3n) is 2.69. The molecule has 3 nitrogen and oxygen atoms in total. The molecule has 0 atom stereocenters. The second-order valence-electron chi connectivity index (χ2n) is 4.12. The number of aromatic nitrogens is 1. The Morgan fingerprint density at radius 3 is 2.68 bits per heavy atom. The van der Waals surface area contributed by atoms with E-state index in [1.807, 2.05) is 24.3 Å². The minimum absolute atomic E-state index is 0.0834. The molecule has 1 aromatic carbocycles. The van der Waals surface area contributed by atoms with Crippen LogP contribution >= 0.6 is 27.5 Å². The molecule has 0 unspecified atom stereocenters. The predicted molar refractivity (Wildman–Crippen MR) is 79.2 cm³/mol. The van der Waals surface area contributed by atoms with Gasteiger partial charge in [0.2, 0.25) is 0 Å². The summed E-state index contributed by atoms with van der Waals surface area (Å²) in [7, 11) is 1.76. The second-order valence-corrected chi connectivity index (χ2v) is 5.36. The number of hydrogen-bond donors (Lipinski definition) is 0. The summed E-state index contributed by atoms with van der Waals surface area (Å²) in [6.45, 7) is 0.531. The van der Waals surface area contributed by atoms with E-state index in [0.29, 0.717) is 17.3 Å². The molecule has 1 aromatic heterocycles. The van der Waals surface area contributed by atoms with Crippen LogP contribution in [-0.4, -0.2) is 22.8 Å². The largest absolute Gasteiger partial charge is 0.337 e. The van der Waals surface area contributed by atoms with Gasteiger partial charge in [-0.3, -0.25) is 4.79 Å². The zero-order valence-electron chi connectivity index (χ0n) is 10.3. The fourth-order valence-electron chi connectivity index (χ4n) is 1.68. The number of amides is 1. The first-order chi connectivity index (χ1) is 9.08. The van der Waals surface area contributed by atoms with Crippen molar-refractivity contribution in [3.63, 3.8) is 0 Å². The van der Waals surface area contributed by atoms with E-state index in [0.717, 1.165) is 10.0 Å². The van der Waals surface area contributed by atoms with Gasteiger partial charge in [0, 0.05) is 24.3 Å². The standard InChI is InChI=1S/C14H12BrClN2O/c1-18(9-11-4-2-3-5-12(11)15)14(19)10-6-7-13(16)17-8-10/h2-8H,9H2,1H3. The normalized spacial score (nSPS) is 10.3. The van der Waals surface area contributed by atoms with Crippen LogP contribution in [-0.2, 0) is 6.54 Å². The van der Waals surface area contributed by atoms with Crippen molar-refractivity contribution in [2.45, 2.75) is 6.54 Å². The lowest BCUT2D eigenvalue weighted by Gasteiger charge is -2.18. The Balaban J connectivity index is 2.12. The van der Waals surface area contributed by atoms with Crippen LogP contribution in [0.1, 0.15) is 15.9 Å². The molecule has 1 heterocycles. The molecule has 2 aromatic rings. The molecule has 0 fully saturated rings. The van der Waals surface area contributed by atoms with Gasteiger partial charge in [-0.05, 0) is 23.8 Å². The molecule has 1 amide bonds. The maximum atomic E-state index is 12.2. The van der Waals surface area contributed by atoms with Crippen LogP contribution in [0.15, 0.2) is 47.1 Å². The molecule has 0 saturated carbocycles. The number of carbonyl (C=O) groups excluding carboxylic acids is 1. The molecule has 0 aliphatic rings. The molecule has 0 bridgehead atoms. The molecule has 2 rings (SSSR count). The van der Waals surface area contributed by atoms with Crippen LogP contribution in [0.4, 0.5) is 0 Å². The average Bonchev–Trinajstić information content (AvgIpc) is 2.41. The van der Waals surface area contributed by atoms with Crippen molar-refractivity contribution in [2.75, 3.05) is 7.05 Å². The van der Waals surface area contributed by atoms with Gasteiger partial charge in [-0.15, -0.1) is 0 Å². The Labute approximate surface area is 125 Å². The van der Waals surface area contributed by atoms with Crippen LogP contribution < -0.4 is 0 Å². The summed E-state index contributed by atoms with van der Waals surface area (Å²) in [5.74, 6) is -0.0834. The molecule has 0 saturated heterocycles. The third-order valence-corrected chi connectivity index (χ3v) is 3.68. The van der Waals surface area contributed by atoms with Crippen molar-refractivity contribution in [3.05, 3.63) is 63.3 Å². The Morgan fingerprint density at radius 1 is 1.32 bits per heavy atom. The Hall–Kier alpha value is -1.39. The lowest BCUT2D eigenvalue weighted by atomic mass is 10.2. The SMILES string of the molecule is CN(Cc1ccccc1Br)C(=O)c1ccc(Cl)nc1. The average molecular weight is 340 g/mol.